The lowest BCUT2D eigenvalue weighted by Crippen LogP contribution is -2.52. The molecule has 2 rings (SSSR count). The Bertz CT molecular complexity index is 606. The number of nitrogens with one attached hydrogen (secondary N) is 3. The van der Waals surface area contributed by atoms with Crippen molar-refractivity contribution >= 4 is 23.2 Å². The van der Waals surface area contributed by atoms with Crippen LogP contribution in [0.2, 0.25) is 0 Å². The number of thiocarbonyl (C=S) groups is 1. The van der Waals surface area contributed by atoms with Gasteiger partial charge in [0.2, 0.25) is 0 Å². The van der Waals surface area contributed by atoms with Crippen molar-refractivity contribution in [2.75, 3.05) is 7.11 Å². The summed E-state index contributed by atoms with van der Waals surface area (Å²) in [5.41, 5.74) is 6.91. The van der Waals surface area contributed by atoms with E-state index in [1.165, 1.54) is 12.8 Å². The second-order valence-electron chi connectivity index (χ2n) is 6.63. The minimum absolute atomic E-state index is 0.273. The zero-order chi connectivity index (χ0) is 17.7. The fourth-order valence-electron chi connectivity index (χ4n) is 3.17. The number of amides is 1. The predicted molar refractivity (Wildman–Crippen MR) is 100 cm³/mol. The van der Waals surface area contributed by atoms with Gasteiger partial charge in [0, 0.05) is 6.04 Å². The molecule has 0 aliphatic heterocycles. The number of aryl methyl sites for hydroxylation is 1. The molecular weight excluding hydrogens is 322 g/mol. The van der Waals surface area contributed by atoms with Crippen LogP contribution in [0.5, 0.6) is 5.75 Å². The fraction of sp³-hybridized carbons (Fsp3) is 0.556. The Kier molecular flexibility index (Phi) is 6.43. The zero-order valence-corrected chi connectivity index (χ0v) is 15.6. The average molecular weight is 350 g/mol. The highest BCUT2D eigenvalue weighted by Crippen LogP contribution is 2.29. The Hall–Kier alpha value is -1.82. The summed E-state index contributed by atoms with van der Waals surface area (Å²) in [5.74, 6) is 1.51. The first-order valence-electron chi connectivity index (χ1n) is 8.44. The lowest BCUT2D eigenvalue weighted by atomic mass is 9.78. The number of hydrazine groups is 1. The molecule has 1 fully saturated rings. The standard InChI is InChI=1S/C18H27N3O2S/c1-11-8-9-16(23-4)14(10-11)17(22)20-21-18(24)19-15-7-5-6-12(2)13(15)3/h8-10,12-13,15H,5-7H2,1-4H3,(H,20,22)(H2,19,21,24)/t12-,13-,15-/m0/s1. The molecule has 24 heavy (non-hydrogen) atoms. The fourth-order valence-corrected chi connectivity index (χ4v) is 3.37. The summed E-state index contributed by atoms with van der Waals surface area (Å²) in [6, 6.07) is 5.82. The van der Waals surface area contributed by atoms with Gasteiger partial charge in [-0.05, 0) is 49.5 Å². The quantitative estimate of drug-likeness (QED) is 0.578. The van der Waals surface area contributed by atoms with E-state index >= 15 is 0 Å². The molecule has 1 aromatic rings. The summed E-state index contributed by atoms with van der Waals surface area (Å²) >= 11 is 5.31. The van der Waals surface area contributed by atoms with Crippen LogP contribution in [0.25, 0.3) is 0 Å². The maximum atomic E-state index is 12.3. The first-order chi connectivity index (χ1) is 11.4. The maximum absolute atomic E-state index is 12.3. The van der Waals surface area contributed by atoms with Crippen LogP contribution in [0.15, 0.2) is 18.2 Å². The summed E-state index contributed by atoms with van der Waals surface area (Å²) in [6.45, 7) is 6.46. The number of methoxy groups -OCH3 is 1. The van der Waals surface area contributed by atoms with Crippen molar-refractivity contribution in [3.63, 3.8) is 0 Å². The van der Waals surface area contributed by atoms with E-state index in [4.69, 9.17) is 17.0 Å². The first kappa shape index (κ1) is 18.5. The van der Waals surface area contributed by atoms with E-state index in [2.05, 4.69) is 30.0 Å². The zero-order valence-electron chi connectivity index (χ0n) is 14.8. The predicted octanol–water partition coefficient (Wildman–Crippen LogP) is 2.94. The summed E-state index contributed by atoms with van der Waals surface area (Å²) in [4.78, 5) is 12.3. The van der Waals surface area contributed by atoms with Gasteiger partial charge in [-0.1, -0.05) is 38.3 Å². The van der Waals surface area contributed by atoms with Crippen molar-refractivity contribution < 1.29 is 9.53 Å². The molecule has 1 aliphatic rings. The molecule has 1 saturated carbocycles. The minimum atomic E-state index is -0.273. The van der Waals surface area contributed by atoms with Gasteiger partial charge in [-0.2, -0.15) is 0 Å². The van der Waals surface area contributed by atoms with E-state index in [0.29, 0.717) is 34.3 Å². The topological polar surface area (TPSA) is 62.4 Å². The van der Waals surface area contributed by atoms with E-state index in [0.717, 1.165) is 12.0 Å². The molecule has 0 spiro atoms. The second-order valence-corrected chi connectivity index (χ2v) is 7.04. The summed E-state index contributed by atoms with van der Waals surface area (Å²) < 4.78 is 5.24. The smallest absolute Gasteiger partial charge is 0.273 e. The van der Waals surface area contributed by atoms with Crippen LogP contribution in [-0.4, -0.2) is 24.2 Å². The Labute approximate surface area is 149 Å². The lowest BCUT2D eigenvalue weighted by Gasteiger charge is -2.35. The van der Waals surface area contributed by atoms with Crippen LogP contribution in [0.1, 0.15) is 49.0 Å². The molecule has 0 saturated heterocycles. The molecule has 0 aromatic heterocycles. The van der Waals surface area contributed by atoms with Crippen LogP contribution in [-0.2, 0) is 0 Å². The molecule has 0 bridgehead atoms. The van der Waals surface area contributed by atoms with Gasteiger partial charge >= 0.3 is 0 Å². The molecule has 3 atom stereocenters. The maximum Gasteiger partial charge on any atom is 0.273 e. The Morgan fingerprint density at radius 3 is 2.71 bits per heavy atom. The van der Waals surface area contributed by atoms with Gasteiger partial charge in [0.15, 0.2) is 5.11 Å². The molecule has 3 N–H and O–H groups in total. The molecule has 0 radical (unpaired) electrons. The van der Waals surface area contributed by atoms with Gasteiger partial charge < -0.3 is 10.1 Å². The van der Waals surface area contributed by atoms with E-state index in [1.54, 1.807) is 19.2 Å². The molecular formula is C18H27N3O2S. The number of hydrogen-bond donors (Lipinski definition) is 3. The largest absolute Gasteiger partial charge is 0.496 e. The molecule has 0 heterocycles. The van der Waals surface area contributed by atoms with Gasteiger partial charge in [0.1, 0.15) is 5.75 Å². The van der Waals surface area contributed by atoms with E-state index in [-0.39, 0.29) is 5.91 Å². The van der Waals surface area contributed by atoms with Gasteiger partial charge in [0.25, 0.3) is 5.91 Å². The number of rotatable bonds is 3. The molecule has 1 aliphatic carbocycles. The normalized spacial score (nSPS) is 23.2. The highest BCUT2D eigenvalue weighted by molar-refractivity contribution is 7.80. The number of benzene rings is 1. The third kappa shape index (κ3) is 4.60. The highest BCUT2D eigenvalue weighted by Gasteiger charge is 2.27. The molecule has 132 valence electrons. The summed E-state index contributed by atoms with van der Waals surface area (Å²) in [6.07, 6.45) is 3.58. The van der Waals surface area contributed by atoms with Gasteiger partial charge in [-0.15, -0.1) is 0 Å². The van der Waals surface area contributed by atoms with Crippen molar-refractivity contribution in [3.8, 4) is 5.75 Å². The number of carbonyl (C=O) groups is 1. The monoisotopic (exact) mass is 349 g/mol. The lowest BCUT2D eigenvalue weighted by molar-refractivity contribution is 0.0940. The first-order valence-corrected chi connectivity index (χ1v) is 8.84. The van der Waals surface area contributed by atoms with Gasteiger partial charge in [-0.3, -0.25) is 15.6 Å². The summed E-state index contributed by atoms with van der Waals surface area (Å²) in [5, 5.41) is 3.77. The minimum Gasteiger partial charge on any atom is -0.496 e. The van der Waals surface area contributed by atoms with E-state index < -0.39 is 0 Å². The van der Waals surface area contributed by atoms with Crippen molar-refractivity contribution in [3.05, 3.63) is 29.3 Å². The Morgan fingerprint density at radius 2 is 2.00 bits per heavy atom. The van der Waals surface area contributed by atoms with Gasteiger partial charge in [-0.25, -0.2) is 0 Å². The third-order valence-electron chi connectivity index (χ3n) is 4.91. The molecule has 0 unspecified atom stereocenters. The third-order valence-corrected chi connectivity index (χ3v) is 5.13. The van der Waals surface area contributed by atoms with Crippen molar-refractivity contribution in [1.29, 1.82) is 0 Å². The van der Waals surface area contributed by atoms with Crippen LogP contribution in [0.4, 0.5) is 0 Å². The second kappa shape index (κ2) is 8.33. The van der Waals surface area contributed by atoms with E-state index in [9.17, 15) is 4.79 Å². The van der Waals surface area contributed by atoms with Crippen molar-refractivity contribution in [1.82, 2.24) is 16.2 Å². The molecule has 6 heteroatoms. The number of ether oxygens (including phenoxy) is 1. The van der Waals surface area contributed by atoms with Crippen LogP contribution < -0.4 is 20.9 Å². The van der Waals surface area contributed by atoms with Crippen LogP contribution in [0, 0.1) is 18.8 Å². The summed E-state index contributed by atoms with van der Waals surface area (Å²) in [7, 11) is 1.55. The Morgan fingerprint density at radius 1 is 1.25 bits per heavy atom. The Balaban J connectivity index is 1.89. The average Bonchev–Trinajstić information content (AvgIpc) is 2.56. The SMILES string of the molecule is COc1ccc(C)cc1C(=O)NNC(=S)N[C@H]1CCC[C@H](C)[C@@H]1C. The van der Waals surface area contributed by atoms with Crippen molar-refractivity contribution in [2.24, 2.45) is 11.8 Å². The molecule has 1 aromatic carbocycles. The highest BCUT2D eigenvalue weighted by atomic mass is 32.1. The van der Waals surface area contributed by atoms with Crippen LogP contribution >= 0.6 is 12.2 Å². The number of carbonyl (C=O) groups excluding carboxylic acids is 1. The van der Waals surface area contributed by atoms with E-state index in [1.807, 2.05) is 13.0 Å². The van der Waals surface area contributed by atoms with Crippen LogP contribution in [0.3, 0.4) is 0 Å². The number of hydrogen-bond acceptors (Lipinski definition) is 3. The molecule has 5 nitrogen and oxygen atoms in total. The van der Waals surface area contributed by atoms with Gasteiger partial charge in [0.05, 0.1) is 12.7 Å². The molecule has 1 amide bonds. The van der Waals surface area contributed by atoms with Crippen molar-refractivity contribution in [2.45, 2.75) is 46.1 Å².